The molecule has 5 nitrogen and oxygen atoms in total. The van der Waals surface area contributed by atoms with Crippen molar-refractivity contribution in [2.24, 2.45) is 0 Å². The second-order valence-electron chi connectivity index (χ2n) is 7.77. The molecular weight excluding hydrogens is 316 g/mol. The molecule has 2 aliphatic heterocycles. The van der Waals surface area contributed by atoms with Crippen LogP contribution in [0.1, 0.15) is 52.4 Å². The zero-order chi connectivity index (χ0) is 18.4. The molecule has 5 heteroatoms. The topological polar surface area (TPSA) is 49.9 Å². The van der Waals surface area contributed by atoms with E-state index in [-0.39, 0.29) is 17.5 Å². The third kappa shape index (κ3) is 3.30. The first-order valence-electron chi connectivity index (χ1n) is 8.99. The fraction of sp³-hybridized carbons (Fsp3) is 0.600. The van der Waals surface area contributed by atoms with Crippen LogP contribution in [0.3, 0.4) is 0 Å². The summed E-state index contributed by atoms with van der Waals surface area (Å²) in [6.45, 7) is 11.0. The van der Waals surface area contributed by atoms with Gasteiger partial charge in [-0.1, -0.05) is 6.07 Å². The number of nitrogens with zero attached hydrogens (tertiary/aromatic N) is 2. The molecule has 0 aromatic heterocycles. The number of piperidine rings is 1. The van der Waals surface area contributed by atoms with Gasteiger partial charge < -0.3 is 9.64 Å². The monoisotopic (exact) mass is 344 g/mol. The molecule has 0 aliphatic carbocycles. The zero-order valence-electron chi connectivity index (χ0n) is 15.9. The van der Waals surface area contributed by atoms with E-state index in [1.165, 1.54) is 11.1 Å². The van der Waals surface area contributed by atoms with Gasteiger partial charge in [-0.25, -0.2) is 4.79 Å². The van der Waals surface area contributed by atoms with Gasteiger partial charge in [0.25, 0.3) is 0 Å². The Kier molecular flexibility index (Phi) is 4.62. The minimum Gasteiger partial charge on any atom is -0.440 e. The van der Waals surface area contributed by atoms with Crippen molar-refractivity contribution in [3.63, 3.8) is 0 Å². The van der Waals surface area contributed by atoms with Gasteiger partial charge in [0.15, 0.2) is 5.78 Å². The van der Waals surface area contributed by atoms with E-state index in [0.29, 0.717) is 6.54 Å². The van der Waals surface area contributed by atoms with E-state index in [9.17, 15) is 9.59 Å². The van der Waals surface area contributed by atoms with Crippen molar-refractivity contribution in [2.75, 3.05) is 26.7 Å². The van der Waals surface area contributed by atoms with Gasteiger partial charge in [0, 0.05) is 25.7 Å². The number of aryl methyl sites for hydroxylation is 2. The van der Waals surface area contributed by atoms with E-state index in [2.05, 4.69) is 24.8 Å². The molecule has 1 aromatic carbocycles. The van der Waals surface area contributed by atoms with E-state index < -0.39 is 0 Å². The second-order valence-corrected chi connectivity index (χ2v) is 7.77. The highest BCUT2D eigenvalue weighted by molar-refractivity contribution is 5.97. The Bertz CT molecular complexity index is 728. The Hall–Kier alpha value is -1.88. The summed E-state index contributed by atoms with van der Waals surface area (Å²) >= 11 is 0. The maximum atomic E-state index is 12.0. The van der Waals surface area contributed by atoms with Crippen LogP contribution in [0, 0.1) is 20.8 Å². The van der Waals surface area contributed by atoms with Crippen LogP contribution >= 0.6 is 0 Å². The van der Waals surface area contributed by atoms with Crippen LogP contribution in [0.2, 0.25) is 0 Å². The summed E-state index contributed by atoms with van der Waals surface area (Å²) in [5.41, 5.74) is 5.06. The molecule has 1 unspecified atom stereocenters. The average Bonchev–Trinajstić information content (AvgIpc) is 2.76. The number of carbonyl (C=O) groups is 2. The zero-order valence-corrected chi connectivity index (χ0v) is 15.9. The number of ether oxygens (including phenoxy) is 1. The molecule has 1 spiro atoms. The predicted molar refractivity (Wildman–Crippen MR) is 97.0 cm³/mol. The number of likely N-dealkylation sites (N-methyl/N-ethyl adjacent to an activating group) is 1. The van der Waals surface area contributed by atoms with Crippen molar-refractivity contribution in [2.45, 2.75) is 52.7 Å². The molecule has 25 heavy (non-hydrogen) atoms. The lowest BCUT2D eigenvalue weighted by Crippen LogP contribution is -2.50. The average molecular weight is 344 g/mol. The minimum absolute atomic E-state index is 0.123. The van der Waals surface area contributed by atoms with Crippen molar-refractivity contribution < 1.29 is 14.3 Å². The normalized spacial score (nSPS) is 24.0. The largest absolute Gasteiger partial charge is 0.440 e. The predicted octanol–water partition coefficient (Wildman–Crippen LogP) is 3.23. The standard InChI is InChI=1S/C20H28N2O3/c1-13-9-14(2)18(16(4)23)15(3)17(13)10-22-8-6-7-20(12-22)11-21(5)19(24)25-20/h9H,6-8,10-12H2,1-5H3. The quantitative estimate of drug-likeness (QED) is 0.790. The van der Waals surface area contributed by atoms with Crippen LogP contribution in [-0.2, 0) is 11.3 Å². The lowest BCUT2D eigenvalue weighted by atomic mass is 9.89. The smallest absolute Gasteiger partial charge is 0.410 e. The third-order valence-electron chi connectivity index (χ3n) is 5.62. The van der Waals surface area contributed by atoms with Crippen LogP contribution in [0.4, 0.5) is 4.79 Å². The Balaban J connectivity index is 1.84. The number of carbonyl (C=O) groups excluding carboxylic acids is 2. The van der Waals surface area contributed by atoms with Gasteiger partial charge in [0.1, 0.15) is 5.60 Å². The fourth-order valence-corrected chi connectivity index (χ4v) is 4.57. The molecule has 0 N–H and O–H groups in total. The summed E-state index contributed by atoms with van der Waals surface area (Å²) in [5.74, 6) is 0.123. The van der Waals surface area contributed by atoms with Gasteiger partial charge in [-0.05, 0) is 69.3 Å². The van der Waals surface area contributed by atoms with Crippen molar-refractivity contribution in [3.8, 4) is 0 Å². The molecule has 0 radical (unpaired) electrons. The lowest BCUT2D eigenvalue weighted by molar-refractivity contribution is -0.0114. The molecule has 2 saturated heterocycles. The number of amides is 1. The molecule has 2 fully saturated rings. The van der Waals surface area contributed by atoms with Gasteiger partial charge in [0.05, 0.1) is 6.54 Å². The van der Waals surface area contributed by atoms with Crippen LogP contribution in [-0.4, -0.2) is 54.0 Å². The van der Waals surface area contributed by atoms with Gasteiger partial charge in [0.2, 0.25) is 0 Å². The SMILES string of the molecule is CC(=O)c1c(C)cc(C)c(CN2CCCC3(C2)CN(C)C(=O)O3)c1C. The minimum atomic E-state index is -0.375. The number of benzene rings is 1. The van der Waals surface area contributed by atoms with Crippen LogP contribution in [0.25, 0.3) is 0 Å². The molecule has 3 rings (SSSR count). The molecule has 136 valence electrons. The second kappa shape index (κ2) is 6.45. The third-order valence-corrected chi connectivity index (χ3v) is 5.62. The van der Waals surface area contributed by atoms with Crippen LogP contribution in [0.5, 0.6) is 0 Å². The van der Waals surface area contributed by atoms with Crippen LogP contribution < -0.4 is 0 Å². The molecule has 0 bridgehead atoms. The molecule has 1 amide bonds. The van der Waals surface area contributed by atoms with E-state index in [4.69, 9.17) is 4.74 Å². The Morgan fingerprint density at radius 1 is 1.24 bits per heavy atom. The lowest BCUT2D eigenvalue weighted by Gasteiger charge is -2.39. The number of ketones is 1. The molecule has 1 atom stereocenters. The summed E-state index contributed by atoms with van der Waals surface area (Å²) in [4.78, 5) is 27.9. The molecule has 2 aliphatic rings. The fourth-order valence-electron chi connectivity index (χ4n) is 4.57. The molecule has 0 saturated carbocycles. The van der Waals surface area contributed by atoms with Gasteiger partial charge in [-0.15, -0.1) is 0 Å². The van der Waals surface area contributed by atoms with Gasteiger partial charge in [-0.3, -0.25) is 9.69 Å². The van der Waals surface area contributed by atoms with Crippen molar-refractivity contribution in [3.05, 3.63) is 33.9 Å². The summed E-state index contributed by atoms with van der Waals surface area (Å²) in [5, 5.41) is 0. The first-order valence-corrected chi connectivity index (χ1v) is 8.99. The highest BCUT2D eigenvalue weighted by Crippen LogP contribution is 2.33. The van der Waals surface area contributed by atoms with Crippen molar-refractivity contribution >= 4 is 11.9 Å². The maximum absolute atomic E-state index is 12.0. The number of hydrogen-bond donors (Lipinski definition) is 0. The molecule has 2 heterocycles. The van der Waals surface area contributed by atoms with Crippen molar-refractivity contribution in [1.29, 1.82) is 0 Å². The van der Waals surface area contributed by atoms with E-state index >= 15 is 0 Å². The Morgan fingerprint density at radius 3 is 2.56 bits per heavy atom. The number of rotatable bonds is 3. The Labute approximate surface area is 149 Å². The molecule has 1 aromatic rings. The highest BCUT2D eigenvalue weighted by atomic mass is 16.6. The van der Waals surface area contributed by atoms with Gasteiger partial charge in [-0.2, -0.15) is 0 Å². The first kappa shape index (κ1) is 17.9. The van der Waals surface area contributed by atoms with Gasteiger partial charge >= 0.3 is 6.09 Å². The summed E-state index contributed by atoms with van der Waals surface area (Å²) in [6, 6.07) is 2.11. The number of hydrogen-bond acceptors (Lipinski definition) is 4. The Morgan fingerprint density at radius 2 is 1.96 bits per heavy atom. The van der Waals surface area contributed by atoms with E-state index in [1.54, 1.807) is 18.9 Å². The first-order chi connectivity index (χ1) is 11.7. The summed E-state index contributed by atoms with van der Waals surface area (Å²) < 4.78 is 5.70. The summed E-state index contributed by atoms with van der Waals surface area (Å²) in [6.07, 6.45) is 1.72. The number of Topliss-reactive ketones (excluding diaryl/α,β-unsaturated/α-hetero) is 1. The maximum Gasteiger partial charge on any atom is 0.410 e. The summed E-state index contributed by atoms with van der Waals surface area (Å²) in [7, 11) is 1.80. The number of likely N-dealkylation sites (tertiary alicyclic amines) is 1. The molecular formula is C20H28N2O3. The highest BCUT2D eigenvalue weighted by Gasteiger charge is 2.46. The van der Waals surface area contributed by atoms with Crippen LogP contribution in [0.15, 0.2) is 6.07 Å². The van der Waals surface area contributed by atoms with E-state index in [1.807, 2.05) is 6.92 Å². The van der Waals surface area contributed by atoms with E-state index in [0.717, 1.165) is 49.2 Å². The van der Waals surface area contributed by atoms with Crippen molar-refractivity contribution in [1.82, 2.24) is 9.80 Å².